The van der Waals surface area contributed by atoms with Gasteiger partial charge in [-0.05, 0) is 30.5 Å². The first-order chi connectivity index (χ1) is 11.1. The van der Waals surface area contributed by atoms with Crippen molar-refractivity contribution < 1.29 is 24.2 Å². The van der Waals surface area contributed by atoms with Gasteiger partial charge in [0.1, 0.15) is 0 Å². The second-order valence-corrected chi connectivity index (χ2v) is 5.32. The van der Waals surface area contributed by atoms with Crippen LogP contribution < -0.4 is 10.6 Å². The third-order valence-corrected chi connectivity index (χ3v) is 3.50. The van der Waals surface area contributed by atoms with Crippen molar-refractivity contribution in [1.82, 2.24) is 10.6 Å². The molecule has 1 aromatic rings. The normalized spacial score (nSPS) is 17.0. The largest absolute Gasteiger partial charge is 0.478 e. The predicted molar refractivity (Wildman–Crippen MR) is 83.4 cm³/mol. The number of hydrogen-bond donors (Lipinski definition) is 3. The molecule has 23 heavy (non-hydrogen) atoms. The second-order valence-electron chi connectivity index (χ2n) is 5.32. The summed E-state index contributed by atoms with van der Waals surface area (Å²) in [6.45, 7) is 2.91. The van der Waals surface area contributed by atoms with Crippen LogP contribution in [0.5, 0.6) is 0 Å². The second kappa shape index (κ2) is 9.12. The molecule has 2 amide bonds. The van der Waals surface area contributed by atoms with E-state index >= 15 is 0 Å². The van der Waals surface area contributed by atoms with Crippen LogP contribution in [0, 0.1) is 0 Å². The maximum atomic E-state index is 11.6. The van der Waals surface area contributed by atoms with Crippen molar-refractivity contribution in [2.75, 3.05) is 26.4 Å². The summed E-state index contributed by atoms with van der Waals surface area (Å²) in [5.74, 6) is -0.964. The van der Waals surface area contributed by atoms with Gasteiger partial charge in [-0.1, -0.05) is 12.1 Å². The first-order valence-corrected chi connectivity index (χ1v) is 7.68. The zero-order chi connectivity index (χ0) is 16.5. The zero-order valence-corrected chi connectivity index (χ0v) is 12.9. The SMILES string of the molecule is O=C(NCCCOC1CCOC1)NCc1ccc(C(=O)O)cc1. The maximum absolute atomic E-state index is 11.6. The van der Waals surface area contributed by atoms with E-state index in [1.807, 2.05) is 0 Å². The summed E-state index contributed by atoms with van der Waals surface area (Å²) in [6.07, 6.45) is 1.88. The molecule has 1 fully saturated rings. The van der Waals surface area contributed by atoms with Gasteiger partial charge >= 0.3 is 12.0 Å². The smallest absolute Gasteiger partial charge is 0.335 e. The van der Waals surface area contributed by atoms with Crippen molar-refractivity contribution in [3.05, 3.63) is 35.4 Å². The van der Waals surface area contributed by atoms with Gasteiger partial charge in [-0.3, -0.25) is 0 Å². The van der Waals surface area contributed by atoms with Crippen LogP contribution in [-0.2, 0) is 16.0 Å². The van der Waals surface area contributed by atoms with E-state index in [-0.39, 0.29) is 17.7 Å². The average Bonchev–Trinajstić information content (AvgIpc) is 3.06. The van der Waals surface area contributed by atoms with Crippen LogP contribution in [-0.4, -0.2) is 49.6 Å². The molecule has 1 heterocycles. The zero-order valence-electron chi connectivity index (χ0n) is 12.9. The fourth-order valence-corrected chi connectivity index (χ4v) is 2.18. The molecule has 1 saturated heterocycles. The van der Waals surface area contributed by atoms with Gasteiger partial charge < -0.3 is 25.2 Å². The molecular weight excluding hydrogens is 300 g/mol. The summed E-state index contributed by atoms with van der Waals surface area (Å²) >= 11 is 0. The Balaban J connectivity index is 1.54. The molecule has 0 radical (unpaired) electrons. The Kier molecular flexibility index (Phi) is 6.83. The van der Waals surface area contributed by atoms with E-state index in [0.29, 0.717) is 26.3 Å². The molecule has 1 aliphatic rings. The van der Waals surface area contributed by atoms with Crippen LogP contribution in [0.3, 0.4) is 0 Å². The Labute approximate surface area is 135 Å². The molecule has 0 aliphatic carbocycles. The lowest BCUT2D eigenvalue weighted by Gasteiger charge is -2.10. The Morgan fingerprint density at radius 3 is 2.70 bits per heavy atom. The van der Waals surface area contributed by atoms with E-state index in [0.717, 1.165) is 25.0 Å². The van der Waals surface area contributed by atoms with Gasteiger partial charge in [0.15, 0.2) is 0 Å². The number of rotatable bonds is 8. The van der Waals surface area contributed by atoms with Crippen LogP contribution >= 0.6 is 0 Å². The number of carbonyl (C=O) groups excluding carboxylic acids is 1. The number of carboxylic acids is 1. The molecule has 7 heteroatoms. The lowest BCUT2D eigenvalue weighted by Crippen LogP contribution is -2.36. The van der Waals surface area contributed by atoms with Crippen molar-refractivity contribution in [3.8, 4) is 0 Å². The number of hydrogen-bond acceptors (Lipinski definition) is 4. The lowest BCUT2D eigenvalue weighted by atomic mass is 10.1. The quantitative estimate of drug-likeness (QED) is 0.628. The Hall–Kier alpha value is -2.12. The molecule has 2 rings (SSSR count). The molecule has 1 aromatic carbocycles. The van der Waals surface area contributed by atoms with E-state index in [9.17, 15) is 9.59 Å². The minimum absolute atomic E-state index is 0.192. The highest BCUT2D eigenvalue weighted by Gasteiger charge is 2.15. The van der Waals surface area contributed by atoms with Gasteiger partial charge in [0.25, 0.3) is 0 Å². The predicted octanol–water partition coefficient (Wildman–Crippen LogP) is 1.38. The van der Waals surface area contributed by atoms with Crippen molar-refractivity contribution in [2.24, 2.45) is 0 Å². The molecule has 0 saturated carbocycles. The number of nitrogens with one attached hydrogen (secondary N) is 2. The highest BCUT2D eigenvalue weighted by atomic mass is 16.5. The Morgan fingerprint density at radius 2 is 2.04 bits per heavy atom. The minimum atomic E-state index is -0.964. The molecule has 1 unspecified atom stereocenters. The van der Waals surface area contributed by atoms with Crippen molar-refractivity contribution >= 4 is 12.0 Å². The molecule has 3 N–H and O–H groups in total. The fraction of sp³-hybridized carbons (Fsp3) is 0.500. The standard InChI is InChI=1S/C16H22N2O5/c19-15(20)13-4-2-12(3-5-13)10-18-16(21)17-7-1-8-23-14-6-9-22-11-14/h2-5,14H,1,6-11H2,(H,19,20)(H2,17,18,21). The lowest BCUT2D eigenvalue weighted by molar-refractivity contribution is 0.0418. The number of benzene rings is 1. The number of carbonyl (C=O) groups is 2. The van der Waals surface area contributed by atoms with Crippen molar-refractivity contribution in [1.29, 1.82) is 0 Å². The third-order valence-electron chi connectivity index (χ3n) is 3.50. The Bertz CT molecular complexity index is 512. The van der Waals surface area contributed by atoms with E-state index in [2.05, 4.69) is 10.6 Å². The summed E-state index contributed by atoms with van der Waals surface area (Å²) in [7, 11) is 0. The van der Waals surface area contributed by atoms with E-state index in [1.165, 1.54) is 12.1 Å². The van der Waals surface area contributed by atoms with Crippen LogP contribution in [0.1, 0.15) is 28.8 Å². The minimum Gasteiger partial charge on any atom is -0.478 e. The molecule has 126 valence electrons. The molecule has 1 aliphatic heterocycles. The number of carboxylic acid groups (broad SMARTS) is 1. The molecule has 7 nitrogen and oxygen atoms in total. The number of ether oxygens (including phenoxy) is 2. The van der Waals surface area contributed by atoms with Crippen molar-refractivity contribution in [3.63, 3.8) is 0 Å². The van der Waals surface area contributed by atoms with Crippen molar-refractivity contribution in [2.45, 2.75) is 25.5 Å². The van der Waals surface area contributed by atoms with Crippen LogP contribution in [0.15, 0.2) is 24.3 Å². The fourth-order valence-electron chi connectivity index (χ4n) is 2.18. The highest BCUT2D eigenvalue weighted by molar-refractivity contribution is 5.87. The first-order valence-electron chi connectivity index (χ1n) is 7.68. The van der Waals surface area contributed by atoms with Gasteiger partial charge in [-0.15, -0.1) is 0 Å². The third kappa shape index (κ3) is 6.25. The molecule has 0 spiro atoms. The summed E-state index contributed by atoms with van der Waals surface area (Å²) in [4.78, 5) is 22.4. The molecular formula is C16H22N2O5. The summed E-state index contributed by atoms with van der Waals surface area (Å²) in [6, 6.07) is 6.14. The number of amides is 2. The van der Waals surface area contributed by atoms with Crippen LogP contribution in [0.4, 0.5) is 4.79 Å². The van der Waals surface area contributed by atoms with Gasteiger partial charge in [-0.25, -0.2) is 9.59 Å². The summed E-state index contributed by atoms with van der Waals surface area (Å²) < 4.78 is 10.8. The topological polar surface area (TPSA) is 96.9 Å². The van der Waals surface area contributed by atoms with Crippen LogP contribution in [0.25, 0.3) is 0 Å². The Morgan fingerprint density at radius 1 is 1.26 bits per heavy atom. The van der Waals surface area contributed by atoms with Gasteiger partial charge in [0, 0.05) is 26.3 Å². The van der Waals surface area contributed by atoms with Gasteiger partial charge in [0.05, 0.1) is 18.3 Å². The van der Waals surface area contributed by atoms with E-state index in [4.69, 9.17) is 14.6 Å². The molecule has 0 aromatic heterocycles. The molecule has 0 bridgehead atoms. The van der Waals surface area contributed by atoms with Gasteiger partial charge in [0.2, 0.25) is 0 Å². The summed E-state index contributed by atoms with van der Waals surface area (Å²) in [5, 5.41) is 14.3. The van der Waals surface area contributed by atoms with Gasteiger partial charge in [-0.2, -0.15) is 0 Å². The summed E-state index contributed by atoms with van der Waals surface area (Å²) in [5.41, 5.74) is 1.07. The highest BCUT2D eigenvalue weighted by Crippen LogP contribution is 2.08. The monoisotopic (exact) mass is 322 g/mol. The average molecular weight is 322 g/mol. The van der Waals surface area contributed by atoms with E-state index < -0.39 is 5.97 Å². The maximum Gasteiger partial charge on any atom is 0.335 e. The molecule has 1 atom stereocenters. The number of aromatic carboxylic acids is 1. The number of urea groups is 1. The first kappa shape index (κ1) is 17.2. The van der Waals surface area contributed by atoms with E-state index in [1.54, 1.807) is 12.1 Å². The van der Waals surface area contributed by atoms with Crippen LogP contribution in [0.2, 0.25) is 0 Å².